The van der Waals surface area contributed by atoms with E-state index in [0.29, 0.717) is 6.54 Å². The summed E-state index contributed by atoms with van der Waals surface area (Å²) in [6, 6.07) is 7.93. The number of amides is 2. The Balaban J connectivity index is 2.34. The Morgan fingerprint density at radius 3 is 2.59 bits per heavy atom. The smallest absolute Gasteiger partial charge is 0.317 e. The summed E-state index contributed by atoms with van der Waals surface area (Å²) in [4.78, 5) is 13.4. The lowest BCUT2D eigenvalue weighted by Crippen LogP contribution is -2.37. The summed E-state index contributed by atoms with van der Waals surface area (Å²) in [5.41, 5.74) is 1.10. The molecular formula is C13H19BrN2O. The SMILES string of the molecule is CCCCN(C)C(=O)NCc1ccc(Br)cc1. The van der Waals surface area contributed by atoms with Gasteiger partial charge in [-0.1, -0.05) is 41.4 Å². The van der Waals surface area contributed by atoms with Crippen LogP contribution in [0.1, 0.15) is 25.3 Å². The molecule has 0 unspecified atom stereocenters. The highest BCUT2D eigenvalue weighted by Crippen LogP contribution is 2.10. The Kier molecular flexibility index (Phi) is 6.05. The van der Waals surface area contributed by atoms with Crippen LogP contribution in [-0.4, -0.2) is 24.5 Å². The molecule has 4 heteroatoms. The van der Waals surface area contributed by atoms with Crippen molar-refractivity contribution in [2.45, 2.75) is 26.3 Å². The summed E-state index contributed by atoms with van der Waals surface area (Å²) in [5, 5.41) is 2.90. The average molecular weight is 299 g/mol. The quantitative estimate of drug-likeness (QED) is 0.888. The van der Waals surface area contributed by atoms with Crippen LogP contribution in [0.5, 0.6) is 0 Å². The summed E-state index contributed by atoms with van der Waals surface area (Å²) >= 11 is 3.38. The standard InChI is InChI=1S/C13H19BrN2O/c1-3-4-9-16(2)13(17)15-10-11-5-7-12(14)8-6-11/h5-8H,3-4,9-10H2,1-2H3,(H,15,17). The van der Waals surface area contributed by atoms with E-state index < -0.39 is 0 Å². The molecule has 1 aromatic rings. The number of hydrogen-bond acceptors (Lipinski definition) is 1. The van der Waals surface area contributed by atoms with Gasteiger partial charge in [0.15, 0.2) is 0 Å². The molecule has 1 N–H and O–H groups in total. The van der Waals surface area contributed by atoms with Crippen molar-refractivity contribution in [3.63, 3.8) is 0 Å². The number of nitrogens with zero attached hydrogens (tertiary/aromatic N) is 1. The number of hydrogen-bond donors (Lipinski definition) is 1. The lowest BCUT2D eigenvalue weighted by atomic mass is 10.2. The zero-order valence-electron chi connectivity index (χ0n) is 10.4. The molecule has 17 heavy (non-hydrogen) atoms. The van der Waals surface area contributed by atoms with E-state index >= 15 is 0 Å². The van der Waals surface area contributed by atoms with Crippen LogP contribution in [-0.2, 0) is 6.54 Å². The zero-order valence-corrected chi connectivity index (χ0v) is 12.0. The van der Waals surface area contributed by atoms with Crippen LogP contribution in [0.25, 0.3) is 0 Å². The van der Waals surface area contributed by atoms with Crippen molar-refractivity contribution in [2.75, 3.05) is 13.6 Å². The third-order valence-corrected chi connectivity index (χ3v) is 3.08. The van der Waals surface area contributed by atoms with Crippen molar-refractivity contribution in [1.82, 2.24) is 10.2 Å². The number of carbonyl (C=O) groups excluding carboxylic acids is 1. The van der Waals surface area contributed by atoms with Crippen LogP contribution in [0.15, 0.2) is 28.7 Å². The summed E-state index contributed by atoms with van der Waals surface area (Å²) in [7, 11) is 1.83. The van der Waals surface area contributed by atoms with Gasteiger partial charge in [-0.05, 0) is 24.1 Å². The maximum absolute atomic E-state index is 11.7. The Morgan fingerprint density at radius 1 is 1.35 bits per heavy atom. The van der Waals surface area contributed by atoms with Crippen molar-refractivity contribution in [1.29, 1.82) is 0 Å². The molecule has 0 aliphatic rings. The molecule has 0 aliphatic carbocycles. The molecular weight excluding hydrogens is 280 g/mol. The molecule has 0 spiro atoms. The van der Waals surface area contributed by atoms with E-state index in [1.165, 1.54) is 0 Å². The monoisotopic (exact) mass is 298 g/mol. The number of halogens is 1. The number of nitrogens with one attached hydrogen (secondary N) is 1. The maximum atomic E-state index is 11.7. The minimum absolute atomic E-state index is 0.0126. The number of carbonyl (C=O) groups is 1. The number of benzene rings is 1. The van der Waals surface area contributed by atoms with E-state index in [-0.39, 0.29) is 6.03 Å². The van der Waals surface area contributed by atoms with Gasteiger partial charge in [0.25, 0.3) is 0 Å². The number of unbranched alkanes of at least 4 members (excludes halogenated alkanes) is 1. The van der Waals surface area contributed by atoms with Gasteiger partial charge in [0.1, 0.15) is 0 Å². The topological polar surface area (TPSA) is 32.3 Å². The molecule has 0 radical (unpaired) electrons. The molecule has 94 valence electrons. The van der Waals surface area contributed by atoms with Gasteiger partial charge in [0, 0.05) is 24.6 Å². The minimum atomic E-state index is -0.0126. The van der Waals surface area contributed by atoms with Crippen molar-refractivity contribution in [3.05, 3.63) is 34.3 Å². The lowest BCUT2D eigenvalue weighted by Gasteiger charge is -2.17. The fourth-order valence-corrected chi connectivity index (χ4v) is 1.68. The fraction of sp³-hybridized carbons (Fsp3) is 0.462. The second-order valence-electron chi connectivity index (χ2n) is 4.06. The molecule has 0 bridgehead atoms. The first kappa shape index (κ1) is 14.0. The predicted octanol–water partition coefficient (Wildman–Crippen LogP) is 3.39. The third-order valence-electron chi connectivity index (χ3n) is 2.55. The fourth-order valence-electron chi connectivity index (χ4n) is 1.41. The number of urea groups is 1. The first-order chi connectivity index (χ1) is 8.13. The lowest BCUT2D eigenvalue weighted by molar-refractivity contribution is 0.207. The highest BCUT2D eigenvalue weighted by Gasteiger charge is 2.06. The van der Waals surface area contributed by atoms with Crippen molar-refractivity contribution < 1.29 is 4.79 Å². The molecule has 0 aromatic heterocycles. The van der Waals surface area contributed by atoms with Gasteiger partial charge in [0.05, 0.1) is 0 Å². The van der Waals surface area contributed by atoms with E-state index in [9.17, 15) is 4.79 Å². The molecule has 1 rings (SSSR count). The van der Waals surface area contributed by atoms with Gasteiger partial charge in [-0.25, -0.2) is 4.79 Å². The zero-order chi connectivity index (χ0) is 12.7. The molecule has 0 saturated heterocycles. The number of rotatable bonds is 5. The third kappa shape index (κ3) is 5.22. The Labute approximate surface area is 111 Å². The minimum Gasteiger partial charge on any atom is -0.334 e. The van der Waals surface area contributed by atoms with Gasteiger partial charge >= 0.3 is 6.03 Å². The normalized spacial score (nSPS) is 10.1. The predicted molar refractivity (Wildman–Crippen MR) is 73.9 cm³/mol. The first-order valence-corrected chi connectivity index (χ1v) is 6.66. The van der Waals surface area contributed by atoms with E-state index in [4.69, 9.17) is 0 Å². The van der Waals surface area contributed by atoms with Gasteiger partial charge in [-0.15, -0.1) is 0 Å². The van der Waals surface area contributed by atoms with E-state index in [1.54, 1.807) is 4.90 Å². The molecule has 3 nitrogen and oxygen atoms in total. The van der Waals surface area contributed by atoms with E-state index in [1.807, 2.05) is 31.3 Å². The van der Waals surface area contributed by atoms with E-state index in [0.717, 1.165) is 29.4 Å². The summed E-state index contributed by atoms with van der Waals surface area (Å²) < 4.78 is 1.05. The largest absolute Gasteiger partial charge is 0.334 e. The molecule has 0 saturated carbocycles. The van der Waals surface area contributed by atoms with Gasteiger partial charge in [0.2, 0.25) is 0 Å². The Morgan fingerprint density at radius 2 is 2.00 bits per heavy atom. The Bertz CT molecular complexity index is 351. The summed E-state index contributed by atoms with van der Waals surface area (Å²) in [6.45, 7) is 3.50. The van der Waals surface area contributed by atoms with Gasteiger partial charge in [-0.2, -0.15) is 0 Å². The van der Waals surface area contributed by atoms with Gasteiger partial charge < -0.3 is 10.2 Å². The second-order valence-corrected chi connectivity index (χ2v) is 4.98. The molecule has 0 atom stereocenters. The second kappa shape index (κ2) is 7.33. The highest BCUT2D eigenvalue weighted by atomic mass is 79.9. The first-order valence-electron chi connectivity index (χ1n) is 5.87. The molecule has 0 heterocycles. The van der Waals surface area contributed by atoms with Crippen LogP contribution in [0.4, 0.5) is 4.79 Å². The molecule has 0 fully saturated rings. The van der Waals surface area contributed by atoms with Crippen LogP contribution in [0.2, 0.25) is 0 Å². The van der Waals surface area contributed by atoms with Crippen molar-refractivity contribution in [2.24, 2.45) is 0 Å². The van der Waals surface area contributed by atoms with E-state index in [2.05, 4.69) is 28.2 Å². The average Bonchev–Trinajstić information content (AvgIpc) is 2.34. The Hall–Kier alpha value is -1.03. The van der Waals surface area contributed by atoms with Crippen molar-refractivity contribution in [3.8, 4) is 0 Å². The molecule has 1 aromatic carbocycles. The molecule has 2 amide bonds. The maximum Gasteiger partial charge on any atom is 0.317 e. The summed E-state index contributed by atoms with van der Waals surface area (Å²) in [5.74, 6) is 0. The molecule has 0 aliphatic heterocycles. The van der Waals surface area contributed by atoms with Crippen LogP contribution in [0.3, 0.4) is 0 Å². The highest BCUT2D eigenvalue weighted by molar-refractivity contribution is 9.10. The van der Waals surface area contributed by atoms with Crippen LogP contribution >= 0.6 is 15.9 Å². The van der Waals surface area contributed by atoms with Crippen molar-refractivity contribution >= 4 is 22.0 Å². The van der Waals surface area contributed by atoms with Crippen LogP contribution in [0, 0.1) is 0 Å². The summed E-state index contributed by atoms with van der Waals surface area (Å²) in [6.07, 6.45) is 2.15. The van der Waals surface area contributed by atoms with Gasteiger partial charge in [-0.3, -0.25) is 0 Å². The van der Waals surface area contributed by atoms with Crippen LogP contribution < -0.4 is 5.32 Å².